The molecule has 0 aliphatic rings. The summed E-state index contributed by atoms with van der Waals surface area (Å²) in [5, 5.41) is 2.59. The summed E-state index contributed by atoms with van der Waals surface area (Å²) in [6.45, 7) is -0.594. The van der Waals surface area contributed by atoms with Crippen LogP contribution in [0.4, 0.5) is 10.1 Å². The van der Waals surface area contributed by atoms with E-state index in [9.17, 15) is 14.0 Å². The summed E-state index contributed by atoms with van der Waals surface area (Å²) in [6.07, 6.45) is 2.42. The second-order valence-corrected chi connectivity index (χ2v) is 6.46. The summed E-state index contributed by atoms with van der Waals surface area (Å²) in [6, 6.07) is 6.95. The minimum absolute atomic E-state index is 0.00624. The molecule has 9 heteroatoms. The number of esters is 1. The Morgan fingerprint density at radius 1 is 1.08 bits per heavy atom. The molecule has 136 valence electrons. The van der Waals surface area contributed by atoms with Crippen LogP contribution in [0.2, 0.25) is 20.1 Å². The van der Waals surface area contributed by atoms with Gasteiger partial charge in [0.2, 0.25) is 0 Å². The third-order valence-electron chi connectivity index (χ3n) is 2.98. The molecule has 2 aromatic rings. The van der Waals surface area contributed by atoms with Gasteiger partial charge in [-0.3, -0.25) is 4.79 Å². The van der Waals surface area contributed by atoms with E-state index in [1.54, 1.807) is 6.07 Å². The molecule has 0 bridgehead atoms. The lowest BCUT2D eigenvalue weighted by atomic mass is 10.2. The van der Waals surface area contributed by atoms with Gasteiger partial charge in [0, 0.05) is 6.08 Å². The van der Waals surface area contributed by atoms with Gasteiger partial charge in [-0.25, -0.2) is 9.18 Å². The van der Waals surface area contributed by atoms with E-state index < -0.39 is 24.3 Å². The van der Waals surface area contributed by atoms with Crippen molar-refractivity contribution in [2.45, 2.75) is 0 Å². The fourth-order valence-corrected chi connectivity index (χ4v) is 2.72. The highest BCUT2D eigenvalue weighted by Gasteiger charge is 2.16. The number of hydrogen-bond donors (Lipinski definition) is 1. The molecule has 1 amide bonds. The fourth-order valence-electron chi connectivity index (χ4n) is 1.82. The van der Waals surface area contributed by atoms with Crippen molar-refractivity contribution >= 4 is 70.0 Å². The Bertz CT molecular complexity index is 860. The van der Waals surface area contributed by atoms with Crippen LogP contribution in [-0.2, 0) is 14.3 Å². The Morgan fingerprint density at radius 2 is 1.73 bits per heavy atom. The van der Waals surface area contributed by atoms with Crippen LogP contribution in [0, 0.1) is 5.82 Å². The lowest BCUT2D eigenvalue weighted by molar-refractivity contribution is -0.142. The van der Waals surface area contributed by atoms with Crippen LogP contribution in [-0.4, -0.2) is 18.5 Å². The van der Waals surface area contributed by atoms with Crippen LogP contribution in [0.15, 0.2) is 36.4 Å². The molecule has 1 N–H and O–H groups in total. The number of nitrogens with one attached hydrogen (secondary N) is 1. The first-order valence-electron chi connectivity index (χ1n) is 7.01. The third kappa shape index (κ3) is 5.61. The van der Waals surface area contributed by atoms with Gasteiger partial charge in [-0.2, -0.15) is 0 Å². The normalized spacial score (nSPS) is 10.8. The van der Waals surface area contributed by atoms with Crippen molar-refractivity contribution in [1.29, 1.82) is 0 Å². The lowest BCUT2D eigenvalue weighted by Crippen LogP contribution is -2.20. The molecule has 26 heavy (non-hydrogen) atoms. The molecule has 2 rings (SSSR count). The maximum atomic E-state index is 13.0. The number of benzene rings is 2. The van der Waals surface area contributed by atoms with Crippen LogP contribution < -0.4 is 5.32 Å². The summed E-state index contributed by atoms with van der Waals surface area (Å²) in [5.41, 5.74) is 0.487. The SMILES string of the molecule is O=C(COC(=O)/C=C/c1cccc(F)c1)Nc1c(Cl)c(Cl)cc(Cl)c1Cl. The minimum Gasteiger partial charge on any atom is -0.452 e. The molecule has 4 nitrogen and oxygen atoms in total. The zero-order chi connectivity index (χ0) is 19.3. The summed E-state index contributed by atoms with van der Waals surface area (Å²) >= 11 is 23.7. The van der Waals surface area contributed by atoms with Gasteiger partial charge >= 0.3 is 5.97 Å². The first-order valence-corrected chi connectivity index (χ1v) is 8.52. The Hall–Kier alpha value is -1.79. The van der Waals surface area contributed by atoms with Gasteiger partial charge in [-0.05, 0) is 29.8 Å². The van der Waals surface area contributed by atoms with Crippen molar-refractivity contribution in [2.24, 2.45) is 0 Å². The van der Waals surface area contributed by atoms with Gasteiger partial charge in [-0.15, -0.1) is 0 Å². The quantitative estimate of drug-likeness (QED) is 0.375. The molecule has 0 saturated heterocycles. The van der Waals surface area contributed by atoms with Gasteiger partial charge in [-0.1, -0.05) is 58.5 Å². The van der Waals surface area contributed by atoms with Crippen molar-refractivity contribution in [3.05, 3.63) is 67.9 Å². The van der Waals surface area contributed by atoms with Crippen LogP contribution >= 0.6 is 46.4 Å². The number of carbonyl (C=O) groups excluding carboxylic acids is 2. The molecule has 0 unspecified atom stereocenters. The molecule has 2 aromatic carbocycles. The smallest absolute Gasteiger partial charge is 0.331 e. The third-order valence-corrected chi connectivity index (χ3v) is 4.56. The molecule has 0 saturated carbocycles. The van der Waals surface area contributed by atoms with E-state index in [1.807, 2.05) is 0 Å². The van der Waals surface area contributed by atoms with Crippen LogP contribution in [0.1, 0.15) is 5.56 Å². The van der Waals surface area contributed by atoms with Gasteiger partial charge in [0.25, 0.3) is 5.91 Å². The maximum Gasteiger partial charge on any atom is 0.331 e. The lowest BCUT2D eigenvalue weighted by Gasteiger charge is -2.11. The van der Waals surface area contributed by atoms with Crippen molar-refractivity contribution in [1.82, 2.24) is 0 Å². The number of rotatable bonds is 5. The molecule has 0 aliphatic heterocycles. The summed E-state index contributed by atoms with van der Waals surface area (Å²) < 4.78 is 17.8. The van der Waals surface area contributed by atoms with Crippen molar-refractivity contribution in [2.75, 3.05) is 11.9 Å². The topological polar surface area (TPSA) is 55.4 Å². The Morgan fingerprint density at radius 3 is 2.35 bits per heavy atom. The minimum atomic E-state index is -0.786. The summed E-state index contributed by atoms with van der Waals surface area (Å²) in [7, 11) is 0. The summed E-state index contributed by atoms with van der Waals surface area (Å²) in [5.74, 6) is -1.92. The summed E-state index contributed by atoms with van der Waals surface area (Å²) in [4.78, 5) is 23.5. The molecule has 0 spiro atoms. The molecular formula is C17H10Cl4FNO3. The molecule has 0 atom stereocenters. The van der Waals surface area contributed by atoms with Gasteiger partial charge in [0.05, 0.1) is 25.8 Å². The van der Waals surface area contributed by atoms with E-state index in [1.165, 1.54) is 30.3 Å². The Labute approximate surface area is 168 Å². The molecule has 0 heterocycles. The molecule has 0 radical (unpaired) electrons. The van der Waals surface area contributed by atoms with Crippen molar-refractivity contribution in [3.63, 3.8) is 0 Å². The predicted octanol–water partition coefficient (Wildman–Crippen LogP) is 5.63. The fraction of sp³-hybridized carbons (Fsp3) is 0.0588. The molecule has 0 aliphatic carbocycles. The second kappa shape index (κ2) is 9.24. The number of amides is 1. The van der Waals surface area contributed by atoms with Crippen LogP contribution in [0.5, 0.6) is 0 Å². The standard InChI is InChI=1S/C17H10Cl4FNO3/c18-11-7-12(19)16(21)17(15(11)20)23-13(24)8-26-14(25)5-4-9-2-1-3-10(22)6-9/h1-7H,8H2,(H,23,24)/b5-4+. The van der Waals surface area contributed by atoms with Crippen LogP contribution in [0.3, 0.4) is 0 Å². The van der Waals surface area contributed by atoms with E-state index >= 15 is 0 Å². The highest BCUT2D eigenvalue weighted by atomic mass is 35.5. The second-order valence-electron chi connectivity index (χ2n) is 4.89. The van der Waals surface area contributed by atoms with E-state index in [2.05, 4.69) is 5.32 Å². The van der Waals surface area contributed by atoms with Crippen molar-refractivity contribution < 1.29 is 18.7 Å². The number of carbonyl (C=O) groups is 2. The highest BCUT2D eigenvalue weighted by Crippen LogP contribution is 2.40. The Kier molecular flexibility index (Phi) is 7.29. The average molecular weight is 437 g/mol. The first-order chi connectivity index (χ1) is 12.3. The van der Waals surface area contributed by atoms with E-state index in [0.717, 1.165) is 6.08 Å². The number of anilines is 1. The van der Waals surface area contributed by atoms with Gasteiger partial charge in [0.15, 0.2) is 6.61 Å². The molecule has 0 fully saturated rings. The largest absolute Gasteiger partial charge is 0.452 e. The van der Waals surface area contributed by atoms with E-state index in [0.29, 0.717) is 5.56 Å². The molecular weight excluding hydrogens is 427 g/mol. The number of halogens is 5. The predicted molar refractivity (Wildman–Crippen MR) is 102 cm³/mol. The monoisotopic (exact) mass is 435 g/mol. The average Bonchev–Trinajstić information content (AvgIpc) is 2.60. The van der Waals surface area contributed by atoms with Crippen LogP contribution in [0.25, 0.3) is 6.08 Å². The first kappa shape index (κ1) is 20.5. The maximum absolute atomic E-state index is 13.0. The molecule has 0 aromatic heterocycles. The van der Waals surface area contributed by atoms with E-state index in [-0.39, 0.29) is 25.8 Å². The Balaban J connectivity index is 1.94. The zero-order valence-corrected chi connectivity index (χ0v) is 15.9. The zero-order valence-electron chi connectivity index (χ0n) is 12.9. The van der Waals surface area contributed by atoms with E-state index in [4.69, 9.17) is 51.1 Å². The van der Waals surface area contributed by atoms with Crippen molar-refractivity contribution in [3.8, 4) is 0 Å². The van der Waals surface area contributed by atoms with Gasteiger partial charge < -0.3 is 10.1 Å². The van der Waals surface area contributed by atoms with Gasteiger partial charge in [0.1, 0.15) is 5.82 Å². The number of ether oxygens (including phenoxy) is 1. The highest BCUT2D eigenvalue weighted by molar-refractivity contribution is 6.50. The number of hydrogen-bond acceptors (Lipinski definition) is 3.